The van der Waals surface area contributed by atoms with Gasteiger partial charge in [0.25, 0.3) is 0 Å². The normalized spacial score (nSPS) is 12.1. The van der Waals surface area contributed by atoms with Gasteiger partial charge in [0.05, 0.1) is 35.5 Å². The number of pyridine rings is 1. The van der Waals surface area contributed by atoms with Gasteiger partial charge in [0.2, 0.25) is 0 Å². The Morgan fingerprint density at radius 2 is 2.05 bits per heavy atom. The molecule has 0 aliphatic heterocycles. The van der Waals surface area contributed by atoms with Crippen molar-refractivity contribution in [2.75, 3.05) is 7.11 Å². The second-order valence-corrected chi connectivity index (χ2v) is 5.41. The number of nitriles is 1. The second kappa shape index (κ2) is 5.70. The molecule has 2 heterocycles. The number of aromatic nitrogens is 2. The zero-order chi connectivity index (χ0) is 15.7. The van der Waals surface area contributed by atoms with Crippen molar-refractivity contribution in [3.8, 4) is 23.1 Å². The van der Waals surface area contributed by atoms with Crippen LogP contribution in [0.5, 0.6) is 5.75 Å². The highest BCUT2D eigenvalue weighted by atomic mass is 35.5. The molecule has 0 radical (unpaired) electrons. The van der Waals surface area contributed by atoms with E-state index in [0.29, 0.717) is 5.02 Å². The SMILES string of the molecule is COc1ccccc1-c1nc2ccc(Cl)cn2c1C(C)C#N. The van der Waals surface area contributed by atoms with Crippen molar-refractivity contribution >= 4 is 17.2 Å². The number of hydrogen-bond acceptors (Lipinski definition) is 3. The zero-order valence-corrected chi connectivity index (χ0v) is 13.0. The summed E-state index contributed by atoms with van der Waals surface area (Å²) in [5.74, 6) is 0.400. The van der Waals surface area contributed by atoms with Gasteiger partial charge >= 0.3 is 0 Å². The first-order valence-corrected chi connectivity index (χ1v) is 7.24. The van der Waals surface area contributed by atoms with Gasteiger partial charge in [0, 0.05) is 11.8 Å². The number of nitrogens with zero attached hydrogens (tertiary/aromatic N) is 3. The van der Waals surface area contributed by atoms with E-state index in [4.69, 9.17) is 16.3 Å². The number of halogens is 1. The Morgan fingerprint density at radius 1 is 1.27 bits per heavy atom. The largest absolute Gasteiger partial charge is 0.496 e. The van der Waals surface area contributed by atoms with E-state index >= 15 is 0 Å². The number of fused-ring (bicyclic) bond motifs is 1. The highest BCUT2D eigenvalue weighted by molar-refractivity contribution is 6.30. The maximum Gasteiger partial charge on any atom is 0.137 e. The van der Waals surface area contributed by atoms with Crippen LogP contribution in [0.2, 0.25) is 5.02 Å². The molecular weight excluding hydrogens is 298 g/mol. The van der Waals surface area contributed by atoms with Crippen molar-refractivity contribution in [2.24, 2.45) is 0 Å². The summed E-state index contributed by atoms with van der Waals surface area (Å²) >= 11 is 6.10. The summed E-state index contributed by atoms with van der Waals surface area (Å²) in [6, 6.07) is 13.6. The maximum atomic E-state index is 9.38. The van der Waals surface area contributed by atoms with Gasteiger partial charge < -0.3 is 9.14 Å². The van der Waals surface area contributed by atoms with Crippen molar-refractivity contribution in [1.29, 1.82) is 5.26 Å². The molecule has 0 fully saturated rings. The molecule has 2 aromatic heterocycles. The standard InChI is InChI=1S/C17H14ClN3O/c1-11(9-19)17-16(13-5-3-4-6-14(13)22-2)20-15-8-7-12(18)10-21(15)17/h3-8,10-11H,1-2H3. The van der Waals surface area contributed by atoms with Crippen LogP contribution in [0.15, 0.2) is 42.6 Å². The third-order valence-electron chi connectivity index (χ3n) is 3.59. The summed E-state index contributed by atoms with van der Waals surface area (Å²) in [5.41, 5.74) is 3.17. The lowest BCUT2D eigenvalue weighted by Crippen LogP contribution is -1.99. The molecule has 5 heteroatoms. The number of hydrogen-bond donors (Lipinski definition) is 0. The van der Waals surface area contributed by atoms with Crippen molar-refractivity contribution in [3.05, 3.63) is 53.3 Å². The van der Waals surface area contributed by atoms with Gasteiger partial charge in [-0.15, -0.1) is 0 Å². The summed E-state index contributed by atoms with van der Waals surface area (Å²) in [7, 11) is 1.62. The zero-order valence-electron chi connectivity index (χ0n) is 12.2. The van der Waals surface area contributed by atoms with Crippen LogP contribution >= 0.6 is 11.6 Å². The minimum Gasteiger partial charge on any atom is -0.496 e. The lowest BCUT2D eigenvalue weighted by molar-refractivity contribution is 0.416. The predicted octanol–water partition coefficient (Wildman–Crippen LogP) is 4.29. The fourth-order valence-electron chi connectivity index (χ4n) is 2.55. The highest BCUT2D eigenvalue weighted by Crippen LogP contribution is 2.35. The van der Waals surface area contributed by atoms with Gasteiger partial charge in [-0.3, -0.25) is 0 Å². The molecule has 22 heavy (non-hydrogen) atoms. The van der Waals surface area contributed by atoms with Crippen LogP contribution in [0.1, 0.15) is 18.5 Å². The van der Waals surface area contributed by atoms with E-state index in [0.717, 1.165) is 28.3 Å². The van der Waals surface area contributed by atoms with E-state index in [9.17, 15) is 5.26 Å². The van der Waals surface area contributed by atoms with Crippen LogP contribution in [0.25, 0.3) is 16.9 Å². The average Bonchev–Trinajstić information content (AvgIpc) is 2.92. The lowest BCUT2D eigenvalue weighted by Gasteiger charge is -2.10. The summed E-state index contributed by atoms with van der Waals surface area (Å²) in [5, 5.41) is 9.98. The molecule has 110 valence electrons. The van der Waals surface area contributed by atoms with Gasteiger partial charge in [0.15, 0.2) is 0 Å². The molecule has 0 bridgehead atoms. The Hall–Kier alpha value is -2.51. The molecule has 0 spiro atoms. The van der Waals surface area contributed by atoms with Crippen molar-refractivity contribution in [1.82, 2.24) is 9.38 Å². The highest BCUT2D eigenvalue weighted by Gasteiger charge is 2.21. The van der Waals surface area contributed by atoms with Crippen LogP contribution in [-0.2, 0) is 0 Å². The van der Waals surface area contributed by atoms with Crippen LogP contribution in [-0.4, -0.2) is 16.5 Å². The third kappa shape index (κ3) is 2.30. The number of para-hydroxylation sites is 1. The van der Waals surface area contributed by atoms with Gasteiger partial charge in [-0.2, -0.15) is 5.26 Å². The molecule has 0 amide bonds. The summed E-state index contributed by atoms with van der Waals surface area (Å²) < 4.78 is 7.30. The van der Waals surface area contributed by atoms with Crippen molar-refractivity contribution < 1.29 is 4.74 Å². The van der Waals surface area contributed by atoms with E-state index in [1.807, 2.05) is 41.7 Å². The number of benzene rings is 1. The molecule has 1 unspecified atom stereocenters. The minimum atomic E-state index is -0.326. The number of methoxy groups -OCH3 is 1. The minimum absolute atomic E-state index is 0.326. The first kappa shape index (κ1) is 14.4. The van der Waals surface area contributed by atoms with Crippen LogP contribution in [0.3, 0.4) is 0 Å². The maximum absolute atomic E-state index is 9.38. The van der Waals surface area contributed by atoms with E-state index in [1.165, 1.54) is 0 Å². The monoisotopic (exact) mass is 311 g/mol. The molecule has 1 atom stereocenters. The van der Waals surface area contributed by atoms with Gasteiger partial charge in [-0.05, 0) is 31.2 Å². The molecule has 0 N–H and O–H groups in total. The van der Waals surface area contributed by atoms with Gasteiger partial charge in [-0.25, -0.2) is 4.98 Å². The molecule has 0 aliphatic rings. The Labute approximate surface area is 133 Å². The lowest BCUT2D eigenvalue weighted by atomic mass is 10.0. The Bertz CT molecular complexity index is 879. The Kier molecular flexibility index (Phi) is 3.74. The molecule has 1 aromatic carbocycles. The van der Waals surface area contributed by atoms with Crippen molar-refractivity contribution in [2.45, 2.75) is 12.8 Å². The molecule has 0 saturated heterocycles. The van der Waals surface area contributed by atoms with Crippen molar-refractivity contribution in [3.63, 3.8) is 0 Å². The molecule has 3 aromatic rings. The molecule has 0 saturated carbocycles. The van der Waals surface area contributed by atoms with Gasteiger partial charge in [0.1, 0.15) is 11.4 Å². The van der Waals surface area contributed by atoms with Crippen LogP contribution < -0.4 is 4.74 Å². The fraction of sp³-hybridized carbons (Fsp3) is 0.176. The quantitative estimate of drug-likeness (QED) is 0.725. The first-order chi connectivity index (χ1) is 10.7. The Balaban J connectivity index is 2.36. The van der Waals surface area contributed by atoms with E-state index < -0.39 is 0 Å². The predicted molar refractivity (Wildman–Crippen MR) is 86.2 cm³/mol. The van der Waals surface area contributed by atoms with Gasteiger partial charge in [-0.1, -0.05) is 23.7 Å². The topological polar surface area (TPSA) is 50.3 Å². The molecule has 3 rings (SSSR count). The van der Waals surface area contributed by atoms with Crippen LogP contribution in [0, 0.1) is 11.3 Å². The van der Waals surface area contributed by atoms with E-state index in [-0.39, 0.29) is 5.92 Å². The molecule has 0 aliphatic carbocycles. The third-order valence-corrected chi connectivity index (χ3v) is 3.81. The van der Waals surface area contributed by atoms with E-state index in [1.54, 1.807) is 19.4 Å². The first-order valence-electron chi connectivity index (χ1n) is 6.86. The average molecular weight is 312 g/mol. The number of imidazole rings is 1. The smallest absolute Gasteiger partial charge is 0.137 e. The van der Waals surface area contributed by atoms with E-state index in [2.05, 4.69) is 11.1 Å². The van der Waals surface area contributed by atoms with Crippen LogP contribution in [0.4, 0.5) is 0 Å². The second-order valence-electron chi connectivity index (χ2n) is 4.97. The summed E-state index contributed by atoms with van der Waals surface area (Å²) in [6.07, 6.45) is 1.78. The fourth-order valence-corrected chi connectivity index (χ4v) is 2.71. The molecular formula is C17H14ClN3O. The Morgan fingerprint density at radius 3 is 2.77 bits per heavy atom. The number of ether oxygens (including phenoxy) is 1. The summed E-state index contributed by atoms with van der Waals surface area (Å²) in [4.78, 5) is 4.67. The molecule has 4 nitrogen and oxygen atoms in total. The summed E-state index contributed by atoms with van der Waals surface area (Å²) in [6.45, 7) is 1.85. The number of rotatable bonds is 3.